The van der Waals surface area contributed by atoms with Crippen molar-refractivity contribution in [2.24, 2.45) is 0 Å². The predicted octanol–water partition coefficient (Wildman–Crippen LogP) is 1.59. The molecule has 116 valence electrons. The van der Waals surface area contributed by atoms with E-state index in [1.54, 1.807) is 0 Å². The molecule has 2 rings (SSSR count). The minimum Gasteiger partial charge on any atom is -0.303 e. The van der Waals surface area contributed by atoms with Crippen molar-refractivity contribution in [3.8, 4) is 5.69 Å². The first-order chi connectivity index (χ1) is 10.1. The van der Waals surface area contributed by atoms with Gasteiger partial charge in [0.15, 0.2) is 0 Å². The van der Waals surface area contributed by atoms with Crippen molar-refractivity contribution in [1.29, 1.82) is 0 Å². The molecular formula is C11H5F4N3O4. The van der Waals surface area contributed by atoms with Crippen LogP contribution in [0.15, 0.2) is 33.9 Å². The number of nitro benzene ring substituents is 1. The molecule has 1 heterocycles. The van der Waals surface area contributed by atoms with Gasteiger partial charge in [0, 0.05) is 6.07 Å². The molecule has 0 fully saturated rings. The molecule has 0 atom stereocenters. The van der Waals surface area contributed by atoms with Crippen LogP contribution in [0.4, 0.5) is 23.2 Å². The fourth-order valence-electron chi connectivity index (χ4n) is 1.71. The van der Waals surface area contributed by atoms with Crippen molar-refractivity contribution in [3.63, 3.8) is 0 Å². The van der Waals surface area contributed by atoms with Gasteiger partial charge in [0.05, 0.1) is 11.0 Å². The average molecular weight is 319 g/mol. The van der Waals surface area contributed by atoms with Crippen molar-refractivity contribution in [3.05, 3.63) is 66.7 Å². The maximum atomic E-state index is 13.0. The minimum atomic E-state index is -4.97. The molecule has 0 saturated carbocycles. The Balaban J connectivity index is 2.78. The highest BCUT2D eigenvalue weighted by molar-refractivity contribution is 5.52. The summed E-state index contributed by atoms with van der Waals surface area (Å²) >= 11 is 0. The summed E-state index contributed by atoms with van der Waals surface area (Å²) in [6.07, 6.45) is -4.97. The van der Waals surface area contributed by atoms with E-state index in [1.807, 2.05) is 0 Å². The monoisotopic (exact) mass is 319 g/mol. The number of alkyl halides is 3. The largest absolute Gasteiger partial charge is 0.431 e. The van der Waals surface area contributed by atoms with E-state index in [0.29, 0.717) is 6.07 Å². The molecule has 7 nitrogen and oxygen atoms in total. The zero-order valence-electron chi connectivity index (χ0n) is 10.3. The van der Waals surface area contributed by atoms with E-state index in [1.165, 1.54) is 4.98 Å². The average Bonchev–Trinajstić information content (AvgIpc) is 2.38. The van der Waals surface area contributed by atoms with Gasteiger partial charge in [-0.25, -0.2) is 13.8 Å². The van der Waals surface area contributed by atoms with Gasteiger partial charge in [-0.05, 0) is 12.1 Å². The quantitative estimate of drug-likeness (QED) is 0.516. The minimum absolute atomic E-state index is 0.0779. The third-order valence-electron chi connectivity index (χ3n) is 2.61. The Morgan fingerprint density at radius 3 is 2.32 bits per heavy atom. The third-order valence-corrected chi connectivity index (χ3v) is 2.61. The predicted molar refractivity (Wildman–Crippen MR) is 64.3 cm³/mol. The molecule has 2 aromatic rings. The van der Waals surface area contributed by atoms with Gasteiger partial charge in [-0.3, -0.25) is 14.9 Å². The fourth-order valence-corrected chi connectivity index (χ4v) is 1.71. The van der Waals surface area contributed by atoms with Gasteiger partial charge < -0.3 is 4.98 Å². The number of nitrogens with one attached hydrogen (secondary N) is 1. The summed E-state index contributed by atoms with van der Waals surface area (Å²) in [5, 5.41) is 10.8. The molecule has 1 N–H and O–H groups in total. The Labute approximate surface area is 117 Å². The highest BCUT2D eigenvalue weighted by atomic mass is 19.4. The number of nitro groups is 1. The van der Waals surface area contributed by atoms with Gasteiger partial charge in [0.2, 0.25) is 0 Å². The van der Waals surface area contributed by atoms with Crippen LogP contribution in [0.5, 0.6) is 0 Å². The number of rotatable bonds is 2. The van der Waals surface area contributed by atoms with Gasteiger partial charge >= 0.3 is 11.9 Å². The molecule has 0 aliphatic heterocycles. The molecule has 0 bridgehead atoms. The molecule has 0 amide bonds. The second-order valence-corrected chi connectivity index (χ2v) is 4.05. The lowest BCUT2D eigenvalue weighted by Crippen LogP contribution is -2.36. The van der Waals surface area contributed by atoms with Crippen LogP contribution in [0.2, 0.25) is 0 Å². The molecule has 0 aliphatic carbocycles. The van der Waals surface area contributed by atoms with Crippen LogP contribution in [-0.2, 0) is 6.18 Å². The Morgan fingerprint density at radius 2 is 1.82 bits per heavy atom. The highest BCUT2D eigenvalue weighted by Crippen LogP contribution is 2.26. The summed E-state index contributed by atoms with van der Waals surface area (Å²) in [7, 11) is 0. The summed E-state index contributed by atoms with van der Waals surface area (Å²) in [6.45, 7) is 0. The van der Waals surface area contributed by atoms with Crippen molar-refractivity contribution < 1.29 is 22.5 Å². The lowest BCUT2D eigenvalue weighted by Gasteiger charge is -2.09. The molecule has 22 heavy (non-hydrogen) atoms. The van der Waals surface area contributed by atoms with E-state index in [9.17, 15) is 37.3 Å². The van der Waals surface area contributed by atoms with Crippen LogP contribution in [0.25, 0.3) is 5.69 Å². The van der Waals surface area contributed by atoms with Crippen LogP contribution in [0.3, 0.4) is 0 Å². The first-order valence-electron chi connectivity index (χ1n) is 5.49. The first-order valence-corrected chi connectivity index (χ1v) is 5.49. The van der Waals surface area contributed by atoms with E-state index < -0.39 is 45.2 Å². The number of H-pyrrole nitrogens is 1. The van der Waals surface area contributed by atoms with Crippen LogP contribution in [0, 0.1) is 15.9 Å². The van der Waals surface area contributed by atoms with Gasteiger partial charge in [-0.1, -0.05) is 0 Å². The van der Waals surface area contributed by atoms with Gasteiger partial charge in [0.25, 0.3) is 11.2 Å². The number of hydrogen-bond acceptors (Lipinski definition) is 4. The number of halogens is 4. The summed E-state index contributed by atoms with van der Waals surface area (Å²) in [5.74, 6) is -1.01. The van der Waals surface area contributed by atoms with Gasteiger partial charge in [-0.15, -0.1) is 0 Å². The molecule has 0 saturated heterocycles. The molecule has 1 aromatic carbocycles. The van der Waals surface area contributed by atoms with E-state index >= 15 is 0 Å². The van der Waals surface area contributed by atoms with Crippen LogP contribution >= 0.6 is 0 Å². The van der Waals surface area contributed by atoms with Crippen molar-refractivity contribution >= 4 is 5.69 Å². The number of nitrogens with zero attached hydrogens (tertiary/aromatic N) is 2. The van der Waals surface area contributed by atoms with Gasteiger partial charge in [0.1, 0.15) is 17.2 Å². The van der Waals surface area contributed by atoms with E-state index in [-0.39, 0.29) is 10.6 Å². The smallest absolute Gasteiger partial charge is 0.303 e. The zero-order valence-corrected chi connectivity index (χ0v) is 10.3. The van der Waals surface area contributed by atoms with Gasteiger partial charge in [-0.2, -0.15) is 13.2 Å². The first kappa shape index (κ1) is 15.4. The van der Waals surface area contributed by atoms with Crippen LogP contribution in [0.1, 0.15) is 5.69 Å². The maximum Gasteiger partial charge on any atom is 0.431 e. The second-order valence-electron chi connectivity index (χ2n) is 4.05. The van der Waals surface area contributed by atoms with E-state index in [2.05, 4.69) is 0 Å². The standard InChI is InChI=1S/C11H5F4N3O4/c12-5-1-2-6(7(3-5)18(21)22)17-9(19)4-8(11(13,14)15)16-10(17)20/h1-4H,(H,16,20). The fraction of sp³-hybridized carbons (Fsp3) is 0.0909. The number of hydrogen-bond donors (Lipinski definition) is 1. The molecule has 0 aliphatic rings. The second kappa shape index (κ2) is 5.09. The molecule has 1 aromatic heterocycles. The lowest BCUT2D eigenvalue weighted by atomic mass is 10.2. The Morgan fingerprint density at radius 1 is 1.18 bits per heavy atom. The third kappa shape index (κ3) is 2.73. The molecule has 0 spiro atoms. The normalized spacial score (nSPS) is 11.5. The molecule has 11 heteroatoms. The summed E-state index contributed by atoms with van der Waals surface area (Å²) in [5.41, 5.74) is -6.15. The number of aromatic nitrogens is 2. The Hall–Kier alpha value is -2.98. The lowest BCUT2D eigenvalue weighted by molar-refractivity contribution is -0.384. The van der Waals surface area contributed by atoms with E-state index in [4.69, 9.17) is 0 Å². The van der Waals surface area contributed by atoms with Crippen LogP contribution < -0.4 is 11.2 Å². The maximum absolute atomic E-state index is 13.0. The molecule has 0 unspecified atom stereocenters. The Bertz CT molecular complexity index is 838. The summed E-state index contributed by atoms with van der Waals surface area (Å²) in [4.78, 5) is 34.5. The topological polar surface area (TPSA) is 98.0 Å². The SMILES string of the molecule is O=c1cc(C(F)(F)F)[nH]c(=O)n1-c1ccc(F)cc1[N+](=O)[O-]. The molecule has 0 radical (unpaired) electrons. The number of aromatic amines is 1. The van der Waals surface area contributed by atoms with Crippen LogP contribution in [-0.4, -0.2) is 14.5 Å². The van der Waals surface area contributed by atoms with Crippen molar-refractivity contribution in [2.75, 3.05) is 0 Å². The highest BCUT2D eigenvalue weighted by Gasteiger charge is 2.33. The Kier molecular flexibility index (Phi) is 3.57. The van der Waals surface area contributed by atoms with Crippen molar-refractivity contribution in [1.82, 2.24) is 9.55 Å². The summed E-state index contributed by atoms with van der Waals surface area (Å²) < 4.78 is 50.5. The van der Waals surface area contributed by atoms with E-state index in [0.717, 1.165) is 12.1 Å². The molecular weight excluding hydrogens is 314 g/mol. The summed E-state index contributed by atoms with van der Waals surface area (Å²) in [6, 6.07) is 2.00. The number of benzene rings is 1. The zero-order chi connectivity index (χ0) is 16.7. The van der Waals surface area contributed by atoms with Crippen molar-refractivity contribution in [2.45, 2.75) is 6.18 Å².